The first kappa shape index (κ1) is 17.3. The summed E-state index contributed by atoms with van der Waals surface area (Å²) >= 11 is 0. The maximum Gasteiger partial charge on any atom is 0.238 e. The van der Waals surface area contributed by atoms with Crippen LogP contribution in [-0.4, -0.2) is 46.9 Å². The fourth-order valence-electron chi connectivity index (χ4n) is 1.67. The van der Waals surface area contributed by atoms with Crippen LogP contribution >= 0.6 is 0 Å². The van der Waals surface area contributed by atoms with Crippen molar-refractivity contribution in [3.05, 3.63) is 18.2 Å². The fraction of sp³-hybridized carbons (Fsp3) is 0.462. The summed E-state index contributed by atoms with van der Waals surface area (Å²) in [5.41, 5.74) is 5.97. The van der Waals surface area contributed by atoms with Gasteiger partial charge in [0.2, 0.25) is 5.91 Å². The number of hydrogen-bond acceptors (Lipinski definition) is 6. The minimum absolute atomic E-state index is 0.0615. The molecule has 1 aromatic rings. The summed E-state index contributed by atoms with van der Waals surface area (Å²) in [5.74, 6) is -0.475. The number of carbonyl (C=O) groups excluding carboxylic acids is 1. The van der Waals surface area contributed by atoms with Crippen molar-refractivity contribution in [2.24, 2.45) is 0 Å². The number of nitrogen functional groups attached to an aromatic ring is 1. The molecule has 1 unspecified atom stereocenters. The predicted octanol–water partition coefficient (Wildman–Crippen LogP) is 0.202. The number of rotatable bonds is 7. The molecule has 1 atom stereocenters. The molecular weight excluding hydrogens is 296 g/mol. The number of benzene rings is 1. The van der Waals surface area contributed by atoms with E-state index in [9.17, 15) is 13.2 Å². The Labute approximate surface area is 124 Å². The molecule has 0 radical (unpaired) electrons. The van der Waals surface area contributed by atoms with Crippen molar-refractivity contribution in [1.29, 1.82) is 0 Å². The zero-order chi connectivity index (χ0) is 16.0. The minimum Gasteiger partial charge on any atom is -0.495 e. The van der Waals surface area contributed by atoms with E-state index in [1.54, 1.807) is 0 Å². The van der Waals surface area contributed by atoms with Crippen LogP contribution in [0.1, 0.15) is 6.92 Å². The molecule has 118 valence electrons. The van der Waals surface area contributed by atoms with Gasteiger partial charge in [0.25, 0.3) is 0 Å². The lowest BCUT2D eigenvalue weighted by Crippen LogP contribution is -2.39. The molecular formula is C13H20N2O5S. The van der Waals surface area contributed by atoms with Gasteiger partial charge in [-0.1, -0.05) is 0 Å². The van der Waals surface area contributed by atoms with Gasteiger partial charge in [-0.15, -0.1) is 0 Å². The number of nitrogens with one attached hydrogen (secondary N) is 1. The SMILES string of the molecule is COCCNC(=O)C(C)S(=O)(=O)c1ccc(N)cc1OC. The van der Waals surface area contributed by atoms with Gasteiger partial charge >= 0.3 is 0 Å². The van der Waals surface area contributed by atoms with Crippen molar-refractivity contribution in [1.82, 2.24) is 5.32 Å². The third-order valence-corrected chi connectivity index (χ3v) is 5.03. The number of methoxy groups -OCH3 is 2. The van der Waals surface area contributed by atoms with E-state index in [1.807, 2.05) is 0 Å². The summed E-state index contributed by atoms with van der Waals surface area (Å²) in [6, 6.07) is 4.19. The van der Waals surface area contributed by atoms with Crippen LogP contribution in [0, 0.1) is 0 Å². The maximum absolute atomic E-state index is 12.5. The molecule has 0 bridgehead atoms. The van der Waals surface area contributed by atoms with E-state index in [1.165, 1.54) is 39.3 Å². The molecule has 0 saturated carbocycles. The third-order valence-electron chi connectivity index (χ3n) is 2.93. The van der Waals surface area contributed by atoms with Crippen molar-refractivity contribution >= 4 is 21.4 Å². The van der Waals surface area contributed by atoms with Gasteiger partial charge in [0.1, 0.15) is 15.9 Å². The number of nitrogens with two attached hydrogens (primary N) is 1. The lowest BCUT2D eigenvalue weighted by atomic mass is 10.3. The Hall–Kier alpha value is -1.80. The van der Waals surface area contributed by atoms with Crippen molar-refractivity contribution < 1.29 is 22.7 Å². The number of sulfone groups is 1. The number of hydrogen-bond donors (Lipinski definition) is 2. The van der Waals surface area contributed by atoms with Crippen LogP contribution in [0.2, 0.25) is 0 Å². The lowest BCUT2D eigenvalue weighted by Gasteiger charge is -2.15. The average Bonchev–Trinajstić information content (AvgIpc) is 2.46. The standard InChI is InChI=1S/C13H20N2O5S/c1-9(13(16)15-6-7-19-2)21(17,18)12-5-4-10(14)8-11(12)20-3/h4-5,8-9H,6-7,14H2,1-3H3,(H,15,16). The van der Waals surface area contributed by atoms with E-state index in [2.05, 4.69) is 5.32 Å². The summed E-state index contributed by atoms with van der Waals surface area (Å²) in [7, 11) is -1.03. The maximum atomic E-state index is 12.5. The van der Waals surface area contributed by atoms with Crippen LogP contribution in [0.5, 0.6) is 5.75 Å². The Kier molecular flexibility index (Phi) is 5.98. The Bertz CT molecular complexity index is 601. The molecule has 1 rings (SSSR count). The van der Waals surface area contributed by atoms with Gasteiger partial charge in [-0.05, 0) is 19.1 Å². The van der Waals surface area contributed by atoms with Crippen LogP contribution in [-0.2, 0) is 19.4 Å². The molecule has 0 saturated heterocycles. The molecule has 0 aliphatic heterocycles. The first-order chi connectivity index (χ1) is 9.84. The number of anilines is 1. The molecule has 1 amide bonds. The molecule has 3 N–H and O–H groups in total. The third kappa shape index (κ3) is 4.08. The molecule has 0 aromatic heterocycles. The quantitative estimate of drug-likeness (QED) is 0.550. The number of ether oxygens (including phenoxy) is 2. The van der Waals surface area contributed by atoms with Crippen LogP contribution in [0.3, 0.4) is 0 Å². The topological polar surface area (TPSA) is 108 Å². The van der Waals surface area contributed by atoms with Crippen LogP contribution in [0.15, 0.2) is 23.1 Å². The van der Waals surface area contributed by atoms with Crippen LogP contribution in [0.4, 0.5) is 5.69 Å². The van der Waals surface area contributed by atoms with Crippen LogP contribution < -0.4 is 15.8 Å². The molecule has 21 heavy (non-hydrogen) atoms. The van der Waals surface area contributed by atoms with Crippen LogP contribution in [0.25, 0.3) is 0 Å². The first-order valence-corrected chi connectivity index (χ1v) is 7.83. The van der Waals surface area contributed by atoms with E-state index in [-0.39, 0.29) is 17.2 Å². The van der Waals surface area contributed by atoms with Gasteiger partial charge in [-0.2, -0.15) is 0 Å². The molecule has 8 heteroatoms. The molecule has 0 heterocycles. The van der Waals surface area contributed by atoms with E-state index >= 15 is 0 Å². The molecule has 0 fully saturated rings. The lowest BCUT2D eigenvalue weighted by molar-refractivity contribution is -0.120. The second-order valence-corrected chi connectivity index (χ2v) is 6.62. The van der Waals surface area contributed by atoms with E-state index in [0.29, 0.717) is 12.3 Å². The number of amides is 1. The first-order valence-electron chi connectivity index (χ1n) is 6.28. The largest absolute Gasteiger partial charge is 0.495 e. The molecule has 0 aliphatic rings. The van der Waals surface area contributed by atoms with Crippen molar-refractivity contribution in [3.8, 4) is 5.75 Å². The zero-order valence-electron chi connectivity index (χ0n) is 12.3. The van der Waals surface area contributed by atoms with Gasteiger partial charge in [0.15, 0.2) is 9.84 Å². The monoisotopic (exact) mass is 316 g/mol. The van der Waals surface area contributed by atoms with Gasteiger partial charge in [0.05, 0.1) is 13.7 Å². The highest BCUT2D eigenvalue weighted by Gasteiger charge is 2.32. The second kappa shape index (κ2) is 7.28. The Balaban J connectivity index is 3.02. The molecule has 0 aliphatic carbocycles. The summed E-state index contributed by atoms with van der Waals surface area (Å²) in [6.07, 6.45) is 0. The fourth-order valence-corrected chi connectivity index (χ4v) is 3.10. The predicted molar refractivity (Wildman–Crippen MR) is 78.9 cm³/mol. The highest BCUT2D eigenvalue weighted by atomic mass is 32.2. The van der Waals surface area contributed by atoms with E-state index in [0.717, 1.165) is 0 Å². The van der Waals surface area contributed by atoms with Gasteiger partial charge in [-0.3, -0.25) is 4.79 Å². The highest BCUT2D eigenvalue weighted by molar-refractivity contribution is 7.92. The van der Waals surface area contributed by atoms with Gasteiger partial charge in [-0.25, -0.2) is 8.42 Å². The number of carbonyl (C=O) groups is 1. The summed E-state index contributed by atoms with van der Waals surface area (Å²) in [6.45, 7) is 1.88. The molecule has 1 aromatic carbocycles. The van der Waals surface area contributed by atoms with E-state index in [4.69, 9.17) is 15.2 Å². The Morgan fingerprint density at radius 2 is 2.05 bits per heavy atom. The minimum atomic E-state index is -3.87. The smallest absolute Gasteiger partial charge is 0.238 e. The summed E-state index contributed by atoms with van der Waals surface area (Å²) in [5, 5.41) is 1.26. The van der Waals surface area contributed by atoms with Gasteiger partial charge < -0.3 is 20.5 Å². The van der Waals surface area contributed by atoms with Crippen molar-refractivity contribution in [2.75, 3.05) is 33.1 Å². The van der Waals surface area contributed by atoms with Gasteiger partial charge in [0, 0.05) is 25.4 Å². The second-order valence-electron chi connectivity index (χ2n) is 4.38. The molecule has 7 nitrogen and oxygen atoms in total. The Morgan fingerprint density at radius 1 is 1.38 bits per heavy atom. The van der Waals surface area contributed by atoms with Crippen molar-refractivity contribution in [3.63, 3.8) is 0 Å². The van der Waals surface area contributed by atoms with E-state index < -0.39 is 21.0 Å². The average molecular weight is 316 g/mol. The Morgan fingerprint density at radius 3 is 2.62 bits per heavy atom. The highest BCUT2D eigenvalue weighted by Crippen LogP contribution is 2.29. The summed E-state index contributed by atoms with van der Waals surface area (Å²) < 4.78 is 34.8. The van der Waals surface area contributed by atoms with Crippen molar-refractivity contribution in [2.45, 2.75) is 17.1 Å². The molecule has 0 spiro atoms. The zero-order valence-corrected chi connectivity index (χ0v) is 13.1. The summed E-state index contributed by atoms with van der Waals surface area (Å²) in [4.78, 5) is 11.8. The normalized spacial score (nSPS) is 12.7.